The van der Waals surface area contributed by atoms with Crippen molar-refractivity contribution in [3.63, 3.8) is 0 Å². The number of hydrogen-bond donors (Lipinski definition) is 0. The minimum atomic E-state index is -0.408. The van der Waals surface area contributed by atoms with Gasteiger partial charge in [0.05, 0.1) is 10.3 Å². The maximum absolute atomic E-state index is 10.6. The third-order valence-corrected chi connectivity index (χ3v) is 2.21. The van der Waals surface area contributed by atoms with Gasteiger partial charge in [0, 0.05) is 18.5 Å². The van der Waals surface area contributed by atoms with E-state index in [1.165, 1.54) is 12.3 Å². The molecule has 2 heterocycles. The molecule has 0 aromatic carbocycles. The topological polar surface area (TPSA) is 61.0 Å². The Balaban J connectivity index is 2.84. The highest BCUT2D eigenvalue weighted by Crippen LogP contribution is 2.25. The molecule has 1 unspecified atom stereocenters. The largest absolute Gasteiger partial charge is 0.317 e. The summed E-state index contributed by atoms with van der Waals surface area (Å²) in [7, 11) is 2.42. The number of nitrogens with zero attached hydrogens (tertiary/aromatic N) is 3. The van der Waals surface area contributed by atoms with Crippen molar-refractivity contribution < 1.29 is 4.92 Å². The van der Waals surface area contributed by atoms with Crippen molar-refractivity contribution in [1.82, 2.24) is 9.32 Å². The second-order valence-corrected chi connectivity index (χ2v) is 3.10. The van der Waals surface area contributed by atoms with Crippen LogP contribution in [0.3, 0.4) is 0 Å². The maximum atomic E-state index is 10.6. The number of pyridine rings is 1. The molecule has 0 saturated carbocycles. The molecule has 0 saturated heterocycles. The fourth-order valence-electron chi connectivity index (χ4n) is 1.20. The highest BCUT2D eigenvalue weighted by molar-refractivity contribution is 7.14. The first kappa shape index (κ1) is 8.13. The third-order valence-electron chi connectivity index (χ3n) is 1.79. The molecule has 2 rings (SSSR count). The summed E-state index contributed by atoms with van der Waals surface area (Å²) in [5.41, 5.74) is 0.686. The Morgan fingerprint density at radius 3 is 3.00 bits per heavy atom. The Kier molecular flexibility index (Phi) is 1.74. The van der Waals surface area contributed by atoms with Gasteiger partial charge in [0.15, 0.2) is 0 Å². The van der Waals surface area contributed by atoms with Gasteiger partial charge in [-0.3, -0.25) is 10.1 Å². The second-order valence-electron chi connectivity index (χ2n) is 2.55. The SMILES string of the molecule is O=[N+]([O-])c1ccnc2c1ccn2P. The highest BCUT2D eigenvalue weighted by Gasteiger charge is 2.13. The van der Waals surface area contributed by atoms with Crippen molar-refractivity contribution in [2.75, 3.05) is 0 Å². The van der Waals surface area contributed by atoms with Crippen LogP contribution < -0.4 is 0 Å². The molecule has 2 aromatic heterocycles. The van der Waals surface area contributed by atoms with Crippen molar-refractivity contribution in [3.05, 3.63) is 34.6 Å². The number of hydrogen-bond acceptors (Lipinski definition) is 3. The van der Waals surface area contributed by atoms with Crippen LogP contribution in [0, 0.1) is 10.1 Å². The molecule has 0 aliphatic carbocycles. The van der Waals surface area contributed by atoms with Crippen molar-refractivity contribution in [2.45, 2.75) is 0 Å². The lowest BCUT2D eigenvalue weighted by atomic mass is 10.3. The summed E-state index contributed by atoms with van der Waals surface area (Å²) in [6.07, 6.45) is 3.15. The second kappa shape index (κ2) is 2.78. The van der Waals surface area contributed by atoms with E-state index in [2.05, 4.69) is 14.4 Å². The Bertz CT molecular complexity index is 480. The van der Waals surface area contributed by atoms with Crippen LogP contribution in [0.2, 0.25) is 0 Å². The summed E-state index contributed by atoms with van der Waals surface area (Å²) in [4.78, 5) is 14.2. The predicted molar refractivity (Wildman–Crippen MR) is 51.5 cm³/mol. The Labute approximate surface area is 75.8 Å². The monoisotopic (exact) mass is 195 g/mol. The molecule has 0 bridgehead atoms. The van der Waals surface area contributed by atoms with Crippen molar-refractivity contribution in [3.8, 4) is 0 Å². The molecule has 0 aliphatic heterocycles. The van der Waals surface area contributed by atoms with Gasteiger partial charge in [-0.15, -0.1) is 0 Å². The van der Waals surface area contributed by atoms with Gasteiger partial charge in [-0.1, -0.05) is 0 Å². The first-order valence-electron chi connectivity index (χ1n) is 3.55. The fourth-order valence-corrected chi connectivity index (χ4v) is 1.49. The molecule has 0 amide bonds. The van der Waals surface area contributed by atoms with Crippen LogP contribution >= 0.6 is 9.39 Å². The van der Waals surface area contributed by atoms with Gasteiger partial charge < -0.3 is 4.34 Å². The van der Waals surface area contributed by atoms with Crippen LogP contribution in [0.15, 0.2) is 24.5 Å². The van der Waals surface area contributed by atoms with Gasteiger partial charge in [0.1, 0.15) is 5.65 Å². The molecule has 13 heavy (non-hydrogen) atoms. The zero-order valence-electron chi connectivity index (χ0n) is 6.54. The van der Waals surface area contributed by atoms with E-state index >= 15 is 0 Å². The Morgan fingerprint density at radius 1 is 1.54 bits per heavy atom. The smallest absolute Gasteiger partial charge is 0.281 e. The van der Waals surface area contributed by atoms with Crippen LogP contribution in [0.25, 0.3) is 11.0 Å². The third kappa shape index (κ3) is 1.17. The summed E-state index contributed by atoms with van der Waals surface area (Å²) in [5, 5.41) is 11.1. The molecule has 2 aromatic rings. The molecule has 0 fully saturated rings. The van der Waals surface area contributed by atoms with Crippen molar-refractivity contribution in [1.29, 1.82) is 0 Å². The van der Waals surface area contributed by atoms with Crippen molar-refractivity contribution >= 4 is 26.1 Å². The molecular weight excluding hydrogens is 189 g/mol. The molecule has 5 nitrogen and oxygen atoms in total. The summed E-state index contributed by atoms with van der Waals surface area (Å²) in [6.45, 7) is 0. The van der Waals surface area contributed by atoms with Crippen LogP contribution in [0.4, 0.5) is 5.69 Å². The van der Waals surface area contributed by atoms with Gasteiger partial charge in [-0.2, -0.15) is 0 Å². The lowest BCUT2D eigenvalue weighted by Crippen LogP contribution is -1.89. The lowest BCUT2D eigenvalue weighted by Gasteiger charge is -1.94. The van der Waals surface area contributed by atoms with E-state index in [9.17, 15) is 10.1 Å². The highest BCUT2D eigenvalue weighted by atomic mass is 31.0. The van der Waals surface area contributed by atoms with Crippen molar-refractivity contribution in [2.24, 2.45) is 0 Å². The zero-order valence-corrected chi connectivity index (χ0v) is 7.70. The molecule has 0 radical (unpaired) electrons. The van der Waals surface area contributed by atoms with Crippen LogP contribution in [0.1, 0.15) is 0 Å². The lowest BCUT2D eigenvalue weighted by molar-refractivity contribution is -0.383. The summed E-state index contributed by atoms with van der Waals surface area (Å²) in [6, 6.07) is 3.07. The summed E-state index contributed by atoms with van der Waals surface area (Å²) < 4.78 is 1.67. The molecule has 0 aliphatic rings. The summed E-state index contributed by atoms with van der Waals surface area (Å²) in [5.74, 6) is 0. The minimum Gasteiger partial charge on any atom is -0.317 e. The number of fused-ring (bicyclic) bond motifs is 1. The Morgan fingerprint density at radius 2 is 2.31 bits per heavy atom. The molecule has 1 atom stereocenters. The normalized spacial score (nSPS) is 10.5. The molecule has 0 spiro atoms. The van der Waals surface area contributed by atoms with E-state index < -0.39 is 4.92 Å². The molecule has 6 heteroatoms. The number of rotatable bonds is 1. The Hall–Kier alpha value is -1.48. The average Bonchev–Trinajstić information content (AvgIpc) is 2.48. The summed E-state index contributed by atoms with van der Waals surface area (Å²) >= 11 is 0. The minimum absolute atomic E-state index is 0.0891. The average molecular weight is 195 g/mol. The zero-order chi connectivity index (χ0) is 9.42. The predicted octanol–water partition coefficient (Wildman–Crippen LogP) is 1.58. The first-order valence-corrected chi connectivity index (χ1v) is 4.07. The van der Waals surface area contributed by atoms with Crippen LogP contribution in [-0.4, -0.2) is 14.2 Å². The van der Waals surface area contributed by atoms with E-state index in [4.69, 9.17) is 0 Å². The molecule has 0 N–H and O–H groups in total. The van der Waals surface area contributed by atoms with Gasteiger partial charge in [-0.05, 0) is 15.5 Å². The standard InChI is InChI=1S/C7H6N3O2P/c11-10(12)6-1-3-8-7-5(6)2-4-9(7)13/h1-4H,13H2. The van der Waals surface area contributed by atoms with E-state index in [0.29, 0.717) is 11.0 Å². The fraction of sp³-hybridized carbons (Fsp3) is 0. The van der Waals surface area contributed by atoms with E-state index in [1.54, 1.807) is 16.6 Å². The molecule has 66 valence electrons. The number of aromatic nitrogens is 2. The van der Waals surface area contributed by atoms with Gasteiger partial charge in [-0.25, -0.2) is 4.98 Å². The van der Waals surface area contributed by atoms with E-state index in [0.717, 1.165) is 0 Å². The number of nitro groups is 1. The van der Waals surface area contributed by atoms with Crippen LogP contribution in [-0.2, 0) is 0 Å². The van der Waals surface area contributed by atoms with Crippen LogP contribution in [0.5, 0.6) is 0 Å². The molecular formula is C7H6N3O2P. The van der Waals surface area contributed by atoms with Gasteiger partial charge >= 0.3 is 0 Å². The van der Waals surface area contributed by atoms with E-state index in [-0.39, 0.29) is 5.69 Å². The quantitative estimate of drug-likeness (QED) is 0.394. The van der Waals surface area contributed by atoms with Gasteiger partial charge in [0.25, 0.3) is 5.69 Å². The first-order chi connectivity index (χ1) is 6.20. The van der Waals surface area contributed by atoms with Gasteiger partial charge in [0.2, 0.25) is 0 Å². The maximum Gasteiger partial charge on any atom is 0.281 e. The van der Waals surface area contributed by atoms with E-state index in [1.807, 2.05) is 0 Å².